The Morgan fingerprint density at radius 3 is 1.76 bits per heavy atom. The molecule has 0 saturated carbocycles. The number of para-hydroxylation sites is 2. The van der Waals surface area contributed by atoms with Crippen LogP contribution in [0.25, 0.3) is 0 Å². The Hall–Kier alpha value is -4.37. The van der Waals surface area contributed by atoms with E-state index in [1.807, 2.05) is 42.5 Å². The number of benzene rings is 4. The van der Waals surface area contributed by atoms with Crippen molar-refractivity contribution in [1.29, 1.82) is 5.26 Å². The predicted molar refractivity (Wildman–Crippen MR) is 140 cm³/mol. The second-order valence-corrected chi connectivity index (χ2v) is 10.1. The standard InChI is InChI=1S/C29H25N2O5P/c30-21-25-18-16-24(17-19-25)20-29(31(23-32)34-22-26-10-4-1-5-11-26)37(33,35-27-12-6-2-7-13-27)36-28-14-8-3-9-15-28/h1-19,23,29H,20,22H2. The summed E-state index contributed by atoms with van der Waals surface area (Å²) >= 11 is 0. The third-order valence-corrected chi connectivity index (χ3v) is 7.51. The molecule has 1 unspecified atom stereocenters. The first-order chi connectivity index (χ1) is 18.1. The Balaban J connectivity index is 1.73. The summed E-state index contributed by atoms with van der Waals surface area (Å²) in [5.41, 5.74) is 2.03. The van der Waals surface area contributed by atoms with E-state index >= 15 is 0 Å². The van der Waals surface area contributed by atoms with E-state index in [-0.39, 0.29) is 13.0 Å². The third kappa shape index (κ3) is 7.08. The molecule has 37 heavy (non-hydrogen) atoms. The summed E-state index contributed by atoms with van der Waals surface area (Å²) in [5.74, 6) is -0.511. The van der Waals surface area contributed by atoms with E-state index < -0.39 is 13.4 Å². The SMILES string of the molecule is N#Cc1ccc(CC(N(C=O)OCc2ccccc2)P(=O)(Oc2ccccc2)Oc2ccccc2)cc1. The van der Waals surface area contributed by atoms with Gasteiger partial charge >= 0.3 is 7.60 Å². The number of carbonyl (C=O) groups is 1. The average molecular weight is 513 g/mol. The Morgan fingerprint density at radius 2 is 1.27 bits per heavy atom. The second kappa shape index (κ2) is 12.5. The molecule has 1 atom stereocenters. The zero-order valence-electron chi connectivity index (χ0n) is 19.9. The third-order valence-electron chi connectivity index (χ3n) is 5.44. The Bertz CT molecular complexity index is 1320. The molecule has 0 N–H and O–H groups in total. The van der Waals surface area contributed by atoms with Gasteiger partial charge in [0.2, 0.25) is 6.41 Å². The lowest BCUT2D eigenvalue weighted by Gasteiger charge is -2.33. The molecule has 0 saturated heterocycles. The molecule has 0 spiro atoms. The summed E-state index contributed by atoms with van der Waals surface area (Å²) in [6.07, 6.45) is 0.558. The smallest absolute Gasteiger partial charge is 0.415 e. The van der Waals surface area contributed by atoms with Gasteiger partial charge in [-0.15, -0.1) is 0 Å². The molecule has 0 aliphatic carbocycles. The van der Waals surface area contributed by atoms with Crippen LogP contribution in [0, 0.1) is 11.3 Å². The van der Waals surface area contributed by atoms with Crippen molar-refractivity contribution in [2.24, 2.45) is 0 Å². The minimum Gasteiger partial charge on any atom is -0.415 e. The van der Waals surface area contributed by atoms with Crippen LogP contribution in [0.4, 0.5) is 0 Å². The van der Waals surface area contributed by atoms with Crippen LogP contribution in [0.2, 0.25) is 0 Å². The first-order valence-electron chi connectivity index (χ1n) is 11.6. The number of amides is 1. The zero-order valence-corrected chi connectivity index (χ0v) is 20.8. The molecule has 0 aliphatic rings. The van der Waals surface area contributed by atoms with Crippen LogP contribution >= 0.6 is 7.60 Å². The van der Waals surface area contributed by atoms with E-state index in [0.717, 1.165) is 10.6 Å². The van der Waals surface area contributed by atoms with E-state index in [4.69, 9.17) is 19.1 Å². The number of rotatable bonds is 12. The van der Waals surface area contributed by atoms with Crippen LogP contribution in [-0.4, -0.2) is 17.3 Å². The lowest BCUT2D eigenvalue weighted by Crippen LogP contribution is -2.38. The summed E-state index contributed by atoms with van der Waals surface area (Å²) in [5, 5.41) is 10.2. The van der Waals surface area contributed by atoms with Gasteiger partial charge in [0.05, 0.1) is 11.6 Å². The molecule has 4 aromatic carbocycles. The van der Waals surface area contributed by atoms with Crippen LogP contribution in [0.1, 0.15) is 16.7 Å². The fraction of sp³-hybridized carbons (Fsp3) is 0.103. The molecule has 0 fully saturated rings. The van der Waals surface area contributed by atoms with Gasteiger partial charge in [-0.2, -0.15) is 5.26 Å². The molecular formula is C29H25N2O5P. The Labute approximate surface area is 215 Å². The topological polar surface area (TPSA) is 88.9 Å². The highest BCUT2D eigenvalue weighted by molar-refractivity contribution is 7.55. The van der Waals surface area contributed by atoms with Gasteiger partial charge in [0.15, 0.2) is 5.78 Å². The lowest BCUT2D eigenvalue weighted by atomic mass is 10.1. The van der Waals surface area contributed by atoms with Crippen molar-refractivity contribution in [3.63, 3.8) is 0 Å². The van der Waals surface area contributed by atoms with Crippen LogP contribution in [0.3, 0.4) is 0 Å². The summed E-state index contributed by atoms with van der Waals surface area (Å²) in [7, 11) is -4.15. The van der Waals surface area contributed by atoms with E-state index in [9.17, 15) is 9.36 Å². The van der Waals surface area contributed by atoms with E-state index in [2.05, 4.69) is 6.07 Å². The van der Waals surface area contributed by atoms with Crippen LogP contribution in [0.5, 0.6) is 11.5 Å². The molecule has 4 rings (SSSR count). The highest BCUT2D eigenvalue weighted by atomic mass is 31.2. The van der Waals surface area contributed by atoms with Gasteiger partial charge in [-0.3, -0.25) is 9.63 Å². The highest BCUT2D eigenvalue weighted by Gasteiger charge is 2.44. The van der Waals surface area contributed by atoms with Crippen molar-refractivity contribution in [3.8, 4) is 17.6 Å². The van der Waals surface area contributed by atoms with Crippen molar-refractivity contribution in [2.75, 3.05) is 0 Å². The number of hydrogen-bond acceptors (Lipinski definition) is 6. The van der Waals surface area contributed by atoms with Gasteiger partial charge in [0, 0.05) is 6.42 Å². The fourth-order valence-electron chi connectivity index (χ4n) is 3.57. The van der Waals surface area contributed by atoms with Crippen molar-refractivity contribution in [3.05, 3.63) is 132 Å². The number of nitrogens with zero attached hydrogens (tertiary/aromatic N) is 2. The molecule has 8 heteroatoms. The Kier molecular flexibility index (Phi) is 8.72. The number of hydroxylamine groups is 2. The minimum absolute atomic E-state index is 0.0696. The first-order valence-corrected chi connectivity index (χ1v) is 13.2. The van der Waals surface area contributed by atoms with Gasteiger partial charge in [-0.25, -0.2) is 9.63 Å². The molecule has 1 amide bonds. The molecule has 0 bridgehead atoms. The van der Waals surface area contributed by atoms with Crippen molar-refractivity contribution >= 4 is 14.0 Å². The number of hydrogen-bond donors (Lipinski definition) is 0. The largest absolute Gasteiger partial charge is 0.456 e. The molecular weight excluding hydrogens is 487 g/mol. The normalized spacial score (nSPS) is 11.6. The van der Waals surface area contributed by atoms with Gasteiger partial charge in [0.1, 0.15) is 18.1 Å². The second-order valence-electron chi connectivity index (χ2n) is 8.07. The monoisotopic (exact) mass is 512 g/mol. The Morgan fingerprint density at radius 1 is 0.757 bits per heavy atom. The first kappa shape index (κ1) is 25.7. The van der Waals surface area contributed by atoms with E-state index in [1.165, 1.54) is 0 Å². The molecule has 0 aromatic heterocycles. The minimum atomic E-state index is -4.15. The molecule has 0 aliphatic heterocycles. The summed E-state index contributed by atoms with van der Waals surface area (Å²) in [6, 6.07) is 35.5. The number of nitriles is 1. The van der Waals surface area contributed by atoms with Crippen LogP contribution < -0.4 is 9.05 Å². The van der Waals surface area contributed by atoms with Gasteiger partial charge < -0.3 is 9.05 Å². The highest BCUT2D eigenvalue weighted by Crippen LogP contribution is 2.54. The maximum atomic E-state index is 14.6. The maximum Gasteiger partial charge on any atom is 0.456 e. The maximum absolute atomic E-state index is 14.6. The van der Waals surface area contributed by atoms with E-state index in [1.54, 1.807) is 72.8 Å². The summed E-state index contributed by atoms with van der Waals surface area (Å²) in [6.45, 7) is 0.0696. The van der Waals surface area contributed by atoms with Crippen molar-refractivity contribution < 1.29 is 23.2 Å². The van der Waals surface area contributed by atoms with Gasteiger partial charge in [-0.1, -0.05) is 78.9 Å². The van der Waals surface area contributed by atoms with Crippen LogP contribution in [-0.2, 0) is 27.2 Å². The lowest BCUT2D eigenvalue weighted by molar-refractivity contribution is -0.184. The van der Waals surface area contributed by atoms with Crippen molar-refractivity contribution in [1.82, 2.24) is 5.06 Å². The molecule has 7 nitrogen and oxygen atoms in total. The quantitative estimate of drug-likeness (QED) is 0.125. The predicted octanol–water partition coefficient (Wildman–Crippen LogP) is 6.37. The summed E-state index contributed by atoms with van der Waals surface area (Å²) in [4.78, 5) is 18.2. The van der Waals surface area contributed by atoms with Crippen LogP contribution in [0.15, 0.2) is 115 Å². The summed E-state index contributed by atoms with van der Waals surface area (Å²) < 4.78 is 26.7. The van der Waals surface area contributed by atoms with E-state index in [0.29, 0.717) is 29.0 Å². The fourth-order valence-corrected chi connectivity index (χ4v) is 5.52. The molecule has 0 heterocycles. The van der Waals surface area contributed by atoms with Gasteiger partial charge in [0.25, 0.3) is 0 Å². The van der Waals surface area contributed by atoms with Gasteiger partial charge in [-0.05, 0) is 47.5 Å². The molecule has 0 radical (unpaired) electrons. The molecule has 4 aromatic rings. The average Bonchev–Trinajstić information content (AvgIpc) is 2.94. The zero-order chi connectivity index (χ0) is 25.9. The molecule has 186 valence electrons. The number of carbonyl (C=O) groups excluding carboxylic acids is 1. The van der Waals surface area contributed by atoms with Crippen molar-refractivity contribution in [2.45, 2.75) is 18.8 Å².